The maximum atomic E-state index is 11.5. The van der Waals surface area contributed by atoms with Crippen molar-refractivity contribution in [3.05, 3.63) is 11.3 Å². The van der Waals surface area contributed by atoms with Crippen molar-refractivity contribution >= 4 is 40.8 Å². The number of rotatable bonds is 1. The van der Waals surface area contributed by atoms with Gasteiger partial charge in [0.25, 0.3) is 0 Å². The smallest absolute Gasteiger partial charge is 0.351 e. The lowest BCUT2D eigenvalue weighted by Crippen LogP contribution is -2.28. The Morgan fingerprint density at radius 2 is 1.75 bits per heavy atom. The first kappa shape index (κ1) is 15.4. The molecule has 7 heteroatoms. The van der Waals surface area contributed by atoms with Crippen LogP contribution in [-0.4, -0.2) is 15.4 Å². The van der Waals surface area contributed by atoms with Gasteiger partial charge < -0.3 is 10.5 Å². The number of hydrogen-bond donors (Lipinski definition) is 1. The third-order valence-corrected chi connectivity index (χ3v) is 1.90. The van der Waals surface area contributed by atoms with Crippen molar-refractivity contribution in [3.8, 4) is 6.07 Å². The van der Waals surface area contributed by atoms with Crippen LogP contribution in [0, 0.1) is 11.3 Å². The predicted octanol–water partition coefficient (Wildman–Crippen LogP) is 2.43. The van der Waals surface area contributed by atoms with Gasteiger partial charge in [0.2, 0.25) is 3.79 Å². The molecule has 0 radical (unpaired) electrons. The SMILES string of the molecule is CC(C)(C)OC(=O)/C(C#N)=C(\N)C(Cl)(Cl)Cl. The third kappa shape index (κ3) is 4.93. The molecule has 0 aromatic rings. The number of hydrogen-bond acceptors (Lipinski definition) is 4. The average molecular weight is 286 g/mol. The second-order valence-corrected chi connectivity index (χ2v) is 6.18. The highest BCUT2D eigenvalue weighted by molar-refractivity contribution is 6.69. The van der Waals surface area contributed by atoms with Crippen LogP contribution in [0.5, 0.6) is 0 Å². The topological polar surface area (TPSA) is 76.1 Å². The van der Waals surface area contributed by atoms with Crippen LogP contribution in [0.4, 0.5) is 0 Å². The zero-order valence-electron chi connectivity index (χ0n) is 8.97. The number of carbonyl (C=O) groups is 1. The van der Waals surface area contributed by atoms with Gasteiger partial charge in [0.05, 0.1) is 5.70 Å². The minimum atomic E-state index is -2.01. The summed E-state index contributed by atoms with van der Waals surface area (Å²) < 4.78 is 2.92. The number of carbonyl (C=O) groups excluding carboxylic acids is 1. The van der Waals surface area contributed by atoms with Crippen LogP contribution in [0.3, 0.4) is 0 Å². The highest BCUT2D eigenvalue weighted by Crippen LogP contribution is 2.33. The number of nitriles is 1. The van der Waals surface area contributed by atoms with E-state index in [1.807, 2.05) is 0 Å². The molecule has 0 aliphatic rings. The van der Waals surface area contributed by atoms with Crippen LogP contribution >= 0.6 is 34.8 Å². The van der Waals surface area contributed by atoms with Crippen molar-refractivity contribution < 1.29 is 9.53 Å². The van der Waals surface area contributed by atoms with Crippen molar-refractivity contribution in [2.45, 2.75) is 30.2 Å². The minimum Gasteiger partial charge on any atom is -0.456 e. The summed E-state index contributed by atoms with van der Waals surface area (Å²) in [6.07, 6.45) is 0. The van der Waals surface area contributed by atoms with Crippen LogP contribution in [0.25, 0.3) is 0 Å². The second kappa shape index (κ2) is 5.13. The summed E-state index contributed by atoms with van der Waals surface area (Å²) in [6.45, 7) is 4.93. The maximum Gasteiger partial charge on any atom is 0.351 e. The Balaban J connectivity index is 5.20. The van der Waals surface area contributed by atoms with Gasteiger partial charge in [-0.15, -0.1) is 0 Å². The van der Waals surface area contributed by atoms with E-state index < -0.39 is 26.6 Å². The van der Waals surface area contributed by atoms with Gasteiger partial charge in [0.1, 0.15) is 11.7 Å². The molecule has 0 aliphatic heterocycles. The van der Waals surface area contributed by atoms with E-state index in [9.17, 15) is 4.79 Å². The lowest BCUT2D eigenvalue weighted by molar-refractivity contribution is -0.149. The third-order valence-electron chi connectivity index (χ3n) is 1.29. The van der Waals surface area contributed by atoms with Crippen LogP contribution in [0.2, 0.25) is 0 Å². The van der Waals surface area contributed by atoms with Crippen molar-refractivity contribution in [2.24, 2.45) is 5.73 Å². The minimum absolute atomic E-state index is 0.450. The molecule has 0 saturated carbocycles. The Hall–Kier alpha value is -0.630. The van der Waals surface area contributed by atoms with Gasteiger partial charge in [-0.2, -0.15) is 5.26 Å². The summed E-state index contributed by atoms with van der Waals surface area (Å²) in [5.41, 5.74) is 3.67. The van der Waals surface area contributed by atoms with E-state index in [-0.39, 0.29) is 0 Å². The van der Waals surface area contributed by atoms with Crippen LogP contribution < -0.4 is 5.73 Å². The molecule has 0 aliphatic carbocycles. The maximum absolute atomic E-state index is 11.5. The molecule has 0 rings (SSSR count). The fourth-order valence-corrected chi connectivity index (χ4v) is 0.970. The van der Waals surface area contributed by atoms with Gasteiger partial charge in [-0.3, -0.25) is 0 Å². The summed E-state index contributed by atoms with van der Waals surface area (Å²) in [6, 6.07) is 1.56. The molecule has 0 aromatic heterocycles. The van der Waals surface area contributed by atoms with E-state index in [1.54, 1.807) is 26.8 Å². The lowest BCUT2D eigenvalue weighted by atomic mass is 10.2. The Labute approximate surface area is 109 Å². The van der Waals surface area contributed by atoms with Gasteiger partial charge in [-0.1, -0.05) is 34.8 Å². The molecule has 0 saturated heterocycles. The van der Waals surface area contributed by atoms with E-state index in [2.05, 4.69) is 0 Å². The number of nitrogens with zero attached hydrogens (tertiary/aromatic N) is 1. The first-order chi connectivity index (χ1) is 6.99. The largest absolute Gasteiger partial charge is 0.456 e. The van der Waals surface area contributed by atoms with Gasteiger partial charge in [0, 0.05) is 0 Å². The van der Waals surface area contributed by atoms with Crippen LogP contribution in [-0.2, 0) is 9.53 Å². The molecule has 0 amide bonds. The summed E-state index contributed by atoms with van der Waals surface area (Å²) >= 11 is 16.4. The molecule has 0 heterocycles. The first-order valence-corrected chi connectivity index (χ1v) is 5.33. The van der Waals surface area contributed by atoms with Gasteiger partial charge >= 0.3 is 5.97 Å². The molecule has 0 aromatic carbocycles. The molecule has 0 spiro atoms. The van der Waals surface area contributed by atoms with E-state index in [0.29, 0.717) is 0 Å². The Kier molecular flexibility index (Phi) is 4.93. The summed E-state index contributed by atoms with van der Waals surface area (Å²) in [5, 5.41) is 8.76. The van der Waals surface area contributed by atoms with Crippen molar-refractivity contribution in [1.82, 2.24) is 0 Å². The average Bonchev–Trinajstić information content (AvgIpc) is 1.99. The zero-order chi connectivity index (χ0) is 13.1. The monoisotopic (exact) mass is 284 g/mol. The van der Waals surface area contributed by atoms with E-state index in [1.165, 1.54) is 0 Å². The summed E-state index contributed by atoms with van der Waals surface area (Å²) in [4.78, 5) is 11.5. The van der Waals surface area contributed by atoms with Crippen molar-refractivity contribution in [3.63, 3.8) is 0 Å². The molecule has 16 heavy (non-hydrogen) atoms. The fourth-order valence-electron chi connectivity index (χ4n) is 0.687. The molecule has 0 bridgehead atoms. The Morgan fingerprint density at radius 1 is 1.31 bits per heavy atom. The highest BCUT2D eigenvalue weighted by atomic mass is 35.6. The first-order valence-electron chi connectivity index (χ1n) is 4.19. The Morgan fingerprint density at radius 3 is 2.00 bits per heavy atom. The fraction of sp³-hybridized carbons (Fsp3) is 0.556. The molecule has 2 N–H and O–H groups in total. The Bertz CT molecular complexity index is 358. The number of halogens is 3. The number of ether oxygens (including phenoxy) is 1. The lowest BCUT2D eigenvalue weighted by Gasteiger charge is -2.20. The molecule has 90 valence electrons. The molecule has 0 fully saturated rings. The van der Waals surface area contributed by atoms with Gasteiger partial charge in [-0.05, 0) is 20.8 Å². The van der Waals surface area contributed by atoms with Crippen LogP contribution in [0.1, 0.15) is 20.8 Å². The number of esters is 1. The molecule has 4 nitrogen and oxygen atoms in total. The van der Waals surface area contributed by atoms with Gasteiger partial charge in [0.15, 0.2) is 5.57 Å². The summed E-state index contributed by atoms with van der Waals surface area (Å²) in [7, 11) is 0. The second-order valence-electron chi connectivity index (χ2n) is 3.90. The van der Waals surface area contributed by atoms with E-state index >= 15 is 0 Å². The number of nitrogens with two attached hydrogens (primary N) is 1. The zero-order valence-corrected chi connectivity index (χ0v) is 11.2. The number of allylic oxidation sites excluding steroid dienone is 1. The number of alkyl halides is 3. The summed E-state index contributed by atoms with van der Waals surface area (Å²) in [5.74, 6) is -0.918. The van der Waals surface area contributed by atoms with Gasteiger partial charge in [-0.25, -0.2) is 4.79 Å². The molecule has 0 atom stereocenters. The highest BCUT2D eigenvalue weighted by Gasteiger charge is 2.31. The quantitative estimate of drug-likeness (QED) is 0.347. The molecular formula is C9H11Cl3N2O2. The molecular weight excluding hydrogens is 274 g/mol. The van der Waals surface area contributed by atoms with E-state index in [4.69, 9.17) is 50.5 Å². The standard InChI is InChI=1S/C9H11Cl3N2O2/c1-8(2,3)16-7(15)5(4-13)6(14)9(10,11)12/h14H2,1-3H3/b6-5-. The molecule has 0 unspecified atom stereocenters. The van der Waals surface area contributed by atoms with E-state index in [0.717, 1.165) is 0 Å². The van der Waals surface area contributed by atoms with Crippen molar-refractivity contribution in [2.75, 3.05) is 0 Å². The predicted molar refractivity (Wildman–Crippen MR) is 63.0 cm³/mol. The normalized spacial score (nSPS) is 13.8. The van der Waals surface area contributed by atoms with Crippen LogP contribution in [0.15, 0.2) is 11.3 Å². The van der Waals surface area contributed by atoms with Crippen molar-refractivity contribution in [1.29, 1.82) is 5.26 Å².